The van der Waals surface area contributed by atoms with E-state index < -0.39 is 0 Å². The topological polar surface area (TPSA) is 83.6 Å². The average molecular weight is 356 g/mol. The molecular formula is C16H10ClN5OS. The minimum atomic E-state index is -0.251. The lowest BCUT2D eigenvalue weighted by atomic mass is 10.1. The molecule has 0 bridgehead atoms. The van der Waals surface area contributed by atoms with E-state index in [0.717, 1.165) is 28.5 Å². The highest BCUT2D eigenvalue weighted by atomic mass is 35.5. The predicted molar refractivity (Wildman–Crippen MR) is 94.4 cm³/mol. The number of H-pyrrole nitrogens is 1. The lowest BCUT2D eigenvalue weighted by Crippen LogP contribution is -2.12. The molecule has 0 aliphatic rings. The van der Waals surface area contributed by atoms with E-state index in [4.69, 9.17) is 11.6 Å². The standard InChI is InChI=1S/C16H10ClN5OS/c17-11-4-1-9(2-5-11)13-8-15(20-19-13)18-16(23)10-3-6-12-14(7-10)22-24-21-12/h1-8H,(H2,18,19,20,23). The molecule has 2 aromatic carbocycles. The van der Waals surface area contributed by atoms with Crippen LogP contribution in [0.4, 0.5) is 5.82 Å². The zero-order valence-corrected chi connectivity index (χ0v) is 13.7. The van der Waals surface area contributed by atoms with Crippen LogP contribution in [-0.4, -0.2) is 24.9 Å². The van der Waals surface area contributed by atoms with Gasteiger partial charge in [0.05, 0.1) is 17.4 Å². The van der Waals surface area contributed by atoms with Crippen LogP contribution in [0, 0.1) is 0 Å². The Morgan fingerprint density at radius 1 is 1.04 bits per heavy atom. The zero-order chi connectivity index (χ0) is 16.5. The Bertz CT molecular complexity index is 1020. The third-order valence-electron chi connectivity index (χ3n) is 3.49. The number of benzene rings is 2. The van der Waals surface area contributed by atoms with E-state index in [1.807, 2.05) is 12.1 Å². The highest BCUT2D eigenvalue weighted by Crippen LogP contribution is 2.22. The monoisotopic (exact) mass is 355 g/mol. The summed E-state index contributed by atoms with van der Waals surface area (Å²) in [5.74, 6) is 0.195. The van der Waals surface area contributed by atoms with Crippen LogP contribution in [0.2, 0.25) is 5.02 Å². The van der Waals surface area contributed by atoms with Gasteiger partial charge in [0.2, 0.25) is 0 Å². The fourth-order valence-electron chi connectivity index (χ4n) is 2.27. The van der Waals surface area contributed by atoms with Crippen molar-refractivity contribution in [3.8, 4) is 11.3 Å². The van der Waals surface area contributed by atoms with Gasteiger partial charge in [0.25, 0.3) is 5.91 Å². The third kappa shape index (κ3) is 2.86. The second kappa shape index (κ2) is 6.03. The van der Waals surface area contributed by atoms with Gasteiger partial charge in [-0.3, -0.25) is 9.89 Å². The molecule has 8 heteroatoms. The molecule has 118 valence electrons. The summed E-state index contributed by atoms with van der Waals surface area (Å²) >= 11 is 7.00. The molecule has 0 spiro atoms. The van der Waals surface area contributed by atoms with Crippen LogP contribution < -0.4 is 5.32 Å². The van der Waals surface area contributed by atoms with Crippen molar-refractivity contribution in [2.45, 2.75) is 0 Å². The van der Waals surface area contributed by atoms with Gasteiger partial charge in [-0.1, -0.05) is 23.7 Å². The molecule has 0 saturated heterocycles. The van der Waals surface area contributed by atoms with Crippen molar-refractivity contribution in [3.63, 3.8) is 0 Å². The first-order valence-corrected chi connectivity index (χ1v) is 8.15. The molecule has 0 aliphatic carbocycles. The maximum atomic E-state index is 12.3. The first-order chi connectivity index (χ1) is 11.7. The van der Waals surface area contributed by atoms with E-state index in [1.54, 1.807) is 36.4 Å². The molecule has 6 nitrogen and oxygen atoms in total. The van der Waals surface area contributed by atoms with Crippen LogP contribution in [-0.2, 0) is 0 Å². The van der Waals surface area contributed by atoms with Gasteiger partial charge in [-0.05, 0) is 35.9 Å². The lowest BCUT2D eigenvalue weighted by molar-refractivity contribution is 0.102. The maximum Gasteiger partial charge on any atom is 0.256 e. The van der Waals surface area contributed by atoms with Crippen LogP contribution in [0.3, 0.4) is 0 Å². The molecule has 0 fully saturated rings. The Hall–Kier alpha value is -2.77. The van der Waals surface area contributed by atoms with Gasteiger partial charge in [-0.15, -0.1) is 0 Å². The van der Waals surface area contributed by atoms with Gasteiger partial charge in [0, 0.05) is 16.7 Å². The van der Waals surface area contributed by atoms with E-state index in [0.29, 0.717) is 21.9 Å². The molecule has 0 atom stereocenters. The number of carbonyl (C=O) groups excluding carboxylic acids is 1. The van der Waals surface area contributed by atoms with Crippen molar-refractivity contribution >= 4 is 46.1 Å². The zero-order valence-electron chi connectivity index (χ0n) is 12.2. The van der Waals surface area contributed by atoms with E-state index in [-0.39, 0.29) is 5.91 Å². The van der Waals surface area contributed by atoms with E-state index in [2.05, 4.69) is 24.3 Å². The Morgan fingerprint density at radius 2 is 1.83 bits per heavy atom. The minimum absolute atomic E-state index is 0.251. The molecule has 0 radical (unpaired) electrons. The van der Waals surface area contributed by atoms with Gasteiger partial charge in [0.15, 0.2) is 5.82 Å². The van der Waals surface area contributed by atoms with Gasteiger partial charge in [-0.2, -0.15) is 13.8 Å². The van der Waals surface area contributed by atoms with Crippen LogP contribution in [0.15, 0.2) is 48.5 Å². The van der Waals surface area contributed by atoms with Crippen molar-refractivity contribution in [2.75, 3.05) is 5.32 Å². The summed E-state index contributed by atoms with van der Waals surface area (Å²) in [6.07, 6.45) is 0. The van der Waals surface area contributed by atoms with Crippen molar-refractivity contribution in [1.29, 1.82) is 0 Å². The Balaban J connectivity index is 1.54. The SMILES string of the molecule is O=C(Nc1cc(-c2ccc(Cl)cc2)[nH]n1)c1ccc2nsnc2c1. The third-order valence-corrected chi connectivity index (χ3v) is 4.30. The number of rotatable bonds is 3. The number of carbonyl (C=O) groups is 1. The van der Waals surface area contributed by atoms with Crippen LogP contribution >= 0.6 is 23.3 Å². The average Bonchev–Trinajstić information content (AvgIpc) is 3.24. The number of aromatic amines is 1. The summed E-state index contributed by atoms with van der Waals surface area (Å²) in [5, 5.41) is 10.4. The van der Waals surface area contributed by atoms with Crippen molar-refractivity contribution in [2.24, 2.45) is 0 Å². The molecule has 0 unspecified atom stereocenters. The molecule has 0 aliphatic heterocycles. The summed E-state index contributed by atoms with van der Waals surface area (Å²) in [4.78, 5) is 12.3. The molecule has 4 rings (SSSR count). The number of anilines is 1. The van der Waals surface area contributed by atoms with Crippen molar-refractivity contribution in [3.05, 3.63) is 59.1 Å². The summed E-state index contributed by atoms with van der Waals surface area (Å²) in [6.45, 7) is 0. The smallest absolute Gasteiger partial charge is 0.256 e. The highest BCUT2D eigenvalue weighted by molar-refractivity contribution is 7.00. The fraction of sp³-hybridized carbons (Fsp3) is 0. The van der Waals surface area contributed by atoms with Crippen LogP contribution in [0.5, 0.6) is 0 Å². The lowest BCUT2D eigenvalue weighted by Gasteiger charge is -2.01. The number of nitrogens with zero attached hydrogens (tertiary/aromatic N) is 3. The Labute approximate surface area is 145 Å². The van der Waals surface area contributed by atoms with E-state index in [9.17, 15) is 4.79 Å². The number of aromatic nitrogens is 4. The largest absolute Gasteiger partial charge is 0.305 e. The van der Waals surface area contributed by atoms with Gasteiger partial charge >= 0.3 is 0 Å². The van der Waals surface area contributed by atoms with E-state index >= 15 is 0 Å². The summed E-state index contributed by atoms with van der Waals surface area (Å²) in [7, 11) is 0. The summed E-state index contributed by atoms with van der Waals surface area (Å²) in [5.41, 5.74) is 3.72. The molecule has 2 N–H and O–H groups in total. The number of halogens is 1. The maximum absolute atomic E-state index is 12.3. The number of hydrogen-bond acceptors (Lipinski definition) is 5. The number of amides is 1. The highest BCUT2D eigenvalue weighted by Gasteiger charge is 2.11. The normalized spacial score (nSPS) is 10.9. The molecule has 0 saturated carbocycles. The fourth-order valence-corrected chi connectivity index (χ4v) is 2.92. The second-order valence-electron chi connectivity index (χ2n) is 5.10. The Kier molecular flexibility index (Phi) is 3.72. The minimum Gasteiger partial charge on any atom is -0.305 e. The van der Waals surface area contributed by atoms with Crippen molar-refractivity contribution < 1.29 is 4.79 Å². The first-order valence-electron chi connectivity index (χ1n) is 7.04. The summed E-state index contributed by atoms with van der Waals surface area (Å²) < 4.78 is 8.26. The van der Waals surface area contributed by atoms with Gasteiger partial charge < -0.3 is 5.32 Å². The molecule has 1 amide bonds. The number of nitrogens with one attached hydrogen (secondary N) is 2. The van der Waals surface area contributed by atoms with Crippen LogP contribution in [0.1, 0.15) is 10.4 Å². The summed E-state index contributed by atoms with van der Waals surface area (Å²) in [6, 6.07) is 14.3. The molecule has 2 heterocycles. The first kappa shape index (κ1) is 14.8. The number of hydrogen-bond donors (Lipinski definition) is 2. The van der Waals surface area contributed by atoms with Gasteiger partial charge in [-0.25, -0.2) is 0 Å². The van der Waals surface area contributed by atoms with E-state index in [1.165, 1.54) is 0 Å². The number of fused-ring (bicyclic) bond motifs is 1. The predicted octanol–water partition coefficient (Wildman–Crippen LogP) is 3.99. The quantitative estimate of drug-likeness (QED) is 0.582. The Morgan fingerprint density at radius 3 is 2.67 bits per heavy atom. The molecular weight excluding hydrogens is 346 g/mol. The van der Waals surface area contributed by atoms with Gasteiger partial charge in [0.1, 0.15) is 11.0 Å². The van der Waals surface area contributed by atoms with Crippen molar-refractivity contribution in [1.82, 2.24) is 18.9 Å². The molecule has 4 aromatic rings. The molecule has 24 heavy (non-hydrogen) atoms. The molecule has 2 aromatic heterocycles. The van der Waals surface area contributed by atoms with Crippen LogP contribution in [0.25, 0.3) is 22.3 Å². The second-order valence-corrected chi connectivity index (χ2v) is 6.06.